The molecule has 90 valence electrons. The van der Waals surface area contributed by atoms with Gasteiger partial charge in [0.25, 0.3) is 0 Å². The van der Waals surface area contributed by atoms with E-state index >= 15 is 0 Å². The van der Waals surface area contributed by atoms with Gasteiger partial charge >= 0.3 is 0 Å². The van der Waals surface area contributed by atoms with Crippen LogP contribution in [0.2, 0.25) is 0 Å². The first kappa shape index (κ1) is 14.6. The minimum atomic E-state index is -0.743. The van der Waals surface area contributed by atoms with Crippen molar-refractivity contribution in [2.75, 3.05) is 31.1 Å². The Morgan fingerprint density at radius 1 is 1.27 bits per heavy atom. The minimum Gasteiger partial charge on any atom is -0.355 e. The lowest BCUT2D eigenvalue weighted by molar-refractivity contribution is -0.120. The van der Waals surface area contributed by atoms with E-state index in [1.54, 1.807) is 0 Å². The summed E-state index contributed by atoms with van der Waals surface area (Å²) in [6, 6.07) is 0. The lowest BCUT2D eigenvalue weighted by Crippen LogP contribution is -2.35. The van der Waals surface area contributed by atoms with Crippen LogP contribution in [0.4, 0.5) is 0 Å². The monoisotopic (exact) mass is 234 g/mol. The van der Waals surface area contributed by atoms with Crippen LogP contribution in [0, 0.1) is 0 Å². The van der Waals surface area contributed by atoms with Gasteiger partial charge in [-0.1, -0.05) is 20.3 Å². The number of rotatable bonds is 9. The van der Waals surface area contributed by atoms with Crippen molar-refractivity contribution < 1.29 is 9.00 Å². The van der Waals surface area contributed by atoms with E-state index in [0.717, 1.165) is 19.4 Å². The highest BCUT2D eigenvalue weighted by Gasteiger charge is 2.00. The first-order valence-corrected chi connectivity index (χ1v) is 7.01. The third-order valence-electron chi connectivity index (χ3n) is 1.97. The highest BCUT2D eigenvalue weighted by Crippen LogP contribution is 1.82. The summed E-state index contributed by atoms with van der Waals surface area (Å²) in [5.41, 5.74) is 0. The van der Waals surface area contributed by atoms with Crippen molar-refractivity contribution in [2.24, 2.45) is 0 Å². The van der Waals surface area contributed by atoms with Crippen LogP contribution in [0.25, 0.3) is 0 Å². The summed E-state index contributed by atoms with van der Waals surface area (Å²) in [6.07, 6.45) is 2.11. The van der Waals surface area contributed by atoms with Crippen molar-refractivity contribution in [3.63, 3.8) is 0 Å². The summed E-state index contributed by atoms with van der Waals surface area (Å²) in [5.74, 6) is 1.33. The van der Waals surface area contributed by atoms with E-state index in [9.17, 15) is 9.00 Å². The van der Waals surface area contributed by atoms with Crippen LogP contribution in [0.3, 0.4) is 0 Å². The molecule has 0 saturated heterocycles. The molecule has 0 aliphatic heterocycles. The zero-order valence-corrected chi connectivity index (χ0v) is 10.5. The molecule has 0 radical (unpaired) electrons. The minimum absolute atomic E-state index is 0.0192. The van der Waals surface area contributed by atoms with Crippen molar-refractivity contribution in [3.05, 3.63) is 0 Å². The molecule has 0 heterocycles. The molecule has 0 fully saturated rings. The smallest absolute Gasteiger partial charge is 0.233 e. The molecule has 0 bridgehead atoms. The number of nitrogens with one attached hydrogen (secondary N) is 2. The maximum absolute atomic E-state index is 11.2. The molecule has 1 amide bonds. The Balaban J connectivity index is 3.27. The van der Waals surface area contributed by atoms with Gasteiger partial charge in [0, 0.05) is 35.4 Å². The van der Waals surface area contributed by atoms with Crippen molar-refractivity contribution in [2.45, 2.75) is 26.7 Å². The number of amides is 1. The lowest BCUT2D eigenvalue weighted by Gasteiger charge is -2.05. The predicted molar refractivity (Wildman–Crippen MR) is 64.3 cm³/mol. The maximum Gasteiger partial charge on any atom is 0.233 e. The van der Waals surface area contributed by atoms with E-state index in [4.69, 9.17) is 0 Å². The highest BCUT2D eigenvalue weighted by atomic mass is 32.2. The molecular weight excluding hydrogens is 212 g/mol. The van der Waals surface area contributed by atoms with Crippen LogP contribution in [0.5, 0.6) is 0 Å². The standard InChI is InChI=1S/C10H22N2O2S/c1-3-5-6-12-10(13)9-11-7-8-15(14)4-2/h11H,3-9H2,1-2H3,(H,12,13). The third-order valence-corrected chi connectivity index (χ3v) is 3.27. The second-order valence-corrected chi connectivity index (χ2v) is 5.18. The molecule has 0 aliphatic carbocycles. The molecule has 15 heavy (non-hydrogen) atoms. The van der Waals surface area contributed by atoms with Gasteiger partial charge in [-0.25, -0.2) is 0 Å². The molecule has 1 atom stereocenters. The molecule has 0 saturated carbocycles. The summed E-state index contributed by atoms with van der Waals surface area (Å²) in [5, 5.41) is 5.78. The molecule has 0 aromatic heterocycles. The zero-order valence-electron chi connectivity index (χ0n) is 9.67. The molecule has 0 spiro atoms. The maximum atomic E-state index is 11.2. The van der Waals surface area contributed by atoms with Gasteiger partial charge in [-0.15, -0.1) is 0 Å². The largest absolute Gasteiger partial charge is 0.355 e. The Morgan fingerprint density at radius 2 is 2.00 bits per heavy atom. The molecule has 0 aromatic rings. The Bertz CT molecular complexity index is 198. The fourth-order valence-electron chi connectivity index (χ4n) is 0.999. The summed E-state index contributed by atoms with van der Waals surface area (Å²) < 4.78 is 11.0. The average Bonchev–Trinajstić information content (AvgIpc) is 2.24. The Labute approximate surface area is 94.7 Å². The fraction of sp³-hybridized carbons (Fsp3) is 0.900. The highest BCUT2D eigenvalue weighted by molar-refractivity contribution is 7.84. The average molecular weight is 234 g/mol. The van der Waals surface area contributed by atoms with E-state index in [2.05, 4.69) is 17.6 Å². The van der Waals surface area contributed by atoms with Gasteiger partial charge in [0.2, 0.25) is 5.91 Å². The van der Waals surface area contributed by atoms with Crippen molar-refractivity contribution in [3.8, 4) is 0 Å². The Kier molecular flexibility index (Phi) is 9.83. The van der Waals surface area contributed by atoms with Crippen LogP contribution in [0.15, 0.2) is 0 Å². The molecule has 0 aromatic carbocycles. The number of hydrogen-bond donors (Lipinski definition) is 2. The topological polar surface area (TPSA) is 58.2 Å². The van der Waals surface area contributed by atoms with E-state index in [1.165, 1.54) is 0 Å². The molecule has 5 heteroatoms. The summed E-state index contributed by atoms with van der Waals surface area (Å²) in [4.78, 5) is 11.2. The SMILES string of the molecule is CCCCNC(=O)CNCCS(=O)CC. The normalized spacial score (nSPS) is 12.4. The van der Waals surface area contributed by atoms with Gasteiger partial charge in [0.05, 0.1) is 6.54 Å². The molecule has 4 nitrogen and oxygen atoms in total. The quantitative estimate of drug-likeness (QED) is 0.563. The summed E-state index contributed by atoms with van der Waals surface area (Å²) in [7, 11) is -0.743. The Hall–Kier alpha value is -0.420. The molecule has 2 N–H and O–H groups in total. The van der Waals surface area contributed by atoms with Crippen LogP contribution in [-0.2, 0) is 15.6 Å². The van der Waals surface area contributed by atoms with Gasteiger partial charge in [0.1, 0.15) is 0 Å². The van der Waals surface area contributed by atoms with E-state index in [1.807, 2.05) is 6.92 Å². The lowest BCUT2D eigenvalue weighted by atomic mass is 10.3. The van der Waals surface area contributed by atoms with Crippen LogP contribution in [0.1, 0.15) is 26.7 Å². The van der Waals surface area contributed by atoms with E-state index in [-0.39, 0.29) is 5.91 Å². The third kappa shape index (κ3) is 9.87. The van der Waals surface area contributed by atoms with Gasteiger partial charge in [-0.2, -0.15) is 0 Å². The summed E-state index contributed by atoms with van der Waals surface area (Å²) >= 11 is 0. The molecular formula is C10H22N2O2S. The fourth-order valence-corrected chi connectivity index (χ4v) is 1.66. The first-order valence-electron chi connectivity index (χ1n) is 5.53. The van der Waals surface area contributed by atoms with Gasteiger partial charge < -0.3 is 10.6 Å². The van der Waals surface area contributed by atoms with Crippen molar-refractivity contribution >= 4 is 16.7 Å². The second kappa shape index (κ2) is 10.1. The van der Waals surface area contributed by atoms with Crippen LogP contribution < -0.4 is 10.6 Å². The van der Waals surface area contributed by atoms with Crippen LogP contribution >= 0.6 is 0 Å². The van der Waals surface area contributed by atoms with Gasteiger partial charge in [-0.3, -0.25) is 9.00 Å². The van der Waals surface area contributed by atoms with E-state index in [0.29, 0.717) is 24.6 Å². The Morgan fingerprint density at radius 3 is 2.60 bits per heavy atom. The van der Waals surface area contributed by atoms with Gasteiger partial charge in [-0.05, 0) is 6.42 Å². The number of carbonyl (C=O) groups is 1. The second-order valence-electron chi connectivity index (χ2n) is 3.31. The van der Waals surface area contributed by atoms with Gasteiger partial charge in [0.15, 0.2) is 0 Å². The number of carbonyl (C=O) groups excluding carboxylic acids is 1. The van der Waals surface area contributed by atoms with Crippen molar-refractivity contribution in [1.82, 2.24) is 10.6 Å². The first-order chi connectivity index (χ1) is 7.20. The summed E-state index contributed by atoms with van der Waals surface area (Å²) in [6.45, 7) is 5.70. The van der Waals surface area contributed by atoms with E-state index < -0.39 is 10.8 Å². The predicted octanol–water partition coefficient (Wildman–Crippen LogP) is 0.261. The zero-order chi connectivity index (χ0) is 11.5. The van der Waals surface area contributed by atoms with Crippen molar-refractivity contribution in [1.29, 1.82) is 0 Å². The molecule has 0 aliphatic rings. The number of unbranched alkanes of at least 4 members (excludes halogenated alkanes) is 1. The van der Waals surface area contributed by atoms with Crippen LogP contribution in [-0.4, -0.2) is 41.3 Å². The number of hydrogen-bond acceptors (Lipinski definition) is 3. The molecule has 1 unspecified atom stereocenters. The molecule has 0 rings (SSSR count).